The zero-order chi connectivity index (χ0) is 18.5. The first-order chi connectivity index (χ1) is 12.6. The molecule has 0 radical (unpaired) electrons. The topological polar surface area (TPSA) is 103 Å². The molecular formula is C17H21N5O3S. The van der Waals surface area contributed by atoms with Crippen LogP contribution < -0.4 is 10.5 Å². The number of ether oxygens (including phenoxy) is 1. The fourth-order valence-corrected chi connectivity index (χ4v) is 3.81. The van der Waals surface area contributed by atoms with Crippen LogP contribution in [0.3, 0.4) is 0 Å². The Bertz CT molecular complexity index is 794. The molecule has 2 aromatic rings. The van der Waals surface area contributed by atoms with E-state index in [1.807, 2.05) is 24.3 Å². The first-order valence-corrected chi connectivity index (χ1v) is 9.34. The van der Waals surface area contributed by atoms with Gasteiger partial charge in [-0.1, -0.05) is 17.8 Å². The molecule has 1 fully saturated rings. The summed E-state index contributed by atoms with van der Waals surface area (Å²) in [7, 11) is 1.60. The third kappa shape index (κ3) is 3.98. The van der Waals surface area contributed by atoms with Crippen LogP contribution in [0.5, 0.6) is 5.75 Å². The number of nitrogens with zero attached hydrogens (tertiary/aromatic N) is 4. The Morgan fingerprint density at radius 2 is 2.23 bits per heavy atom. The molecule has 0 unspecified atom stereocenters. The highest BCUT2D eigenvalue weighted by molar-refractivity contribution is 7.99. The van der Waals surface area contributed by atoms with Crippen molar-refractivity contribution >= 4 is 23.6 Å². The number of amides is 2. The number of nitrogens with two attached hydrogens (primary N) is 1. The molecule has 0 saturated carbocycles. The molecule has 0 aliphatic carbocycles. The third-order valence-corrected chi connectivity index (χ3v) is 5.25. The summed E-state index contributed by atoms with van der Waals surface area (Å²) in [5, 5.41) is 8.63. The number of carbonyl (C=O) groups is 2. The maximum absolute atomic E-state index is 12.6. The van der Waals surface area contributed by atoms with Crippen molar-refractivity contribution in [3.8, 4) is 11.4 Å². The van der Waals surface area contributed by atoms with E-state index in [-0.39, 0.29) is 11.7 Å². The maximum Gasteiger partial charge on any atom is 0.240 e. The summed E-state index contributed by atoms with van der Waals surface area (Å²) < 4.78 is 7.03. The molecule has 8 nitrogen and oxygen atoms in total. The Balaban J connectivity index is 1.69. The van der Waals surface area contributed by atoms with E-state index in [0.717, 1.165) is 24.3 Å². The van der Waals surface area contributed by atoms with E-state index >= 15 is 0 Å². The fourth-order valence-electron chi connectivity index (χ4n) is 3.00. The van der Waals surface area contributed by atoms with E-state index < -0.39 is 11.9 Å². The highest BCUT2D eigenvalue weighted by Crippen LogP contribution is 2.24. The zero-order valence-electron chi connectivity index (χ0n) is 14.5. The lowest BCUT2D eigenvalue weighted by atomic mass is 10.0. The van der Waals surface area contributed by atoms with E-state index in [4.69, 9.17) is 10.5 Å². The van der Waals surface area contributed by atoms with Crippen LogP contribution in [0.25, 0.3) is 5.69 Å². The molecule has 9 heteroatoms. The second-order valence-electron chi connectivity index (χ2n) is 5.97. The number of hydrogen-bond acceptors (Lipinski definition) is 6. The minimum Gasteiger partial charge on any atom is -0.497 e. The number of primary amides is 1. The van der Waals surface area contributed by atoms with Crippen molar-refractivity contribution in [3.05, 3.63) is 30.6 Å². The number of benzene rings is 1. The van der Waals surface area contributed by atoms with Crippen LogP contribution in [0.2, 0.25) is 0 Å². The van der Waals surface area contributed by atoms with Gasteiger partial charge in [0.15, 0.2) is 5.16 Å². The van der Waals surface area contributed by atoms with E-state index in [1.165, 1.54) is 11.8 Å². The number of carbonyl (C=O) groups excluding carboxylic acids is 2. The molecular weight excluding hydrogens is 354 g/mol. The predicted molar refractivity (Wildman–Crippen MR) is 97.2 cm³/mol. The van der Waals surface area contributed by atoms with E-state index in [0.29, 0.717) is 18.1 Å². The molecule has 3 rings (SSSR count). The van der Waals surface area contributed by atoms with Crippen molar-refractivity contribution in [2.45, 2.75) is 30.5 Å². The van der Waals surface area contributed by atoms with Crippen molar-refractivity contribution in [3.63, 3.8) is 0 Å². The summed E-state index contributed by atoms with van der Waals surface area (Å²) in [6, 6.07) is 6.99. The van der Waals surface area contributed by atoms with Gasteiger partial charge in [-0.05, 0) is 31.4 Å². The largest absolute Gasteiger partial charge is 0.497 e. The number of likely N-dealkylation sites (tertiary alicyclic amines) is 1. The second-order valence-corrected chi connectivity index (χ2v) is 6.92. The summed E-state index contributed by atoms with van der Waals surface area (Å²) >= 11 is 1.28. The van der Waals surface area contributed by atoms with E-state index in [2.05, 4.69) is 10.2 Å². The van der Waals surface area contributed by atoms with Gasteiger partial charge < -0.3 is 15.4 Å². The Hall–Kier alpha value is -2.55. The van der Waals surface area contributed by atoms with Gasteiger partial charge in [-0.2, -0.15) is 0 Å². The van der Waals surface area contributed by atoms with Crippen LogP contribution in [-0.4, -0.2) is 56.9 Å². The lowest BCUT2D eigenvalue weighted by Gasteiger charge is -2.33. The fraction of sp³-hybridized carbons (Fsp3) is 0.412. The molecule has 2 N–H and O–H groups in total. The normalized spacial score (nSPS) is 17.1. The van der Waals surface area contributed by atoms with Gasteiger partial charge >= 0.3 is 0 Å². The van der Waals surface area contributed by atoms with Crippen LogP contribution >= 0.6 is 11.8 Å². The molecule has 138 valence electrons. The number of methoxy groups -OCH3 is 1. The van der Waals surface area contributed by atoms with Crippen LogP contribution in [0.4, 0.5) is 0 Å². The molecule has 1 saturated heterocycles. The average molecular weight is 375 g/mol. The summed E-state index contributed by atoms with van der Waals surface area (Å²) in [5.41, 5.74) is 6.28. The third-order valence-electron chi connectivity index (χ3n) is 4.32. The Morgan fingerprint density at radius 1 is 1.38 bits per heavy atom. The van der Waals surface area contributed by atoms with Gasteiger partial charge in [-0.15, -0.1) is 10.2 Å². The summed E-state index contributed by atoms with van der Waals surface area (Å²) in [4.78, 5) is 25.7. The lowest BCUT2D eigenvalue weighted by molar-refractivity contribution is -0.138. The van der Waals surface area contributed by atoms with Crippen molar-refractivity contribution in [1.29, 1.82) is 0 Å². The van der Waals surface area contributed by atoms with Crippen LogP contribution in [0.1, 0.15) is 19.3 Å². The van der Waals surface area contributed by atoms with Gasteiger partial charge in [-0.25, -0.2) is 0 Å². The second kappa shape index (κ2) is 8.22. The number of piperidine rings is 1. The molecule has 1 atom stereocenters. The molecule has 0 spiro atoms. The zero-order valence-corrected chi connectivity index (χ0v) is 15.3. The minimum atomic E-state index is -0.506. The first-order valence-electron chi connectivity index (χ1n) is 8.36. The molecule has 1 aromatic carbocycles. The predicted octanol–water partition coefficient (Wildman–Crippen LogP) is 1.23. The average Bonchev–Trinajstić information content (AvgIpc) is 3.14. The maximum atomic E-state index is 12.6. The molecule has 2 heterocycles. The highest BCUT2D eigenvalue weighted by atomic mass is 32.2. The Labute approximate surface area is 155 Å². The van der Waals surface area contributed by atoms with Gasteiger partial charge in [0, 0.05) is 12.6 Å². The number of rotatable bonds is 6. The van der Waals surface area contributed by atoms with E-state index in [1.54, 1.807) is 22.9 Å². The van der Waals surface area contributed by atoms with Gasteiger partial charge in [-0.3, -0.25) is 14.2 Å². The molecule has 1 aromatic heterocycles. The standard InChI is InChI=1S/C17H21N5O3S/c1-25-13-6-4-5-12(9-13)22-11-19-20-17(22)26-10-15(23)21-8-3-2-7-14(21)16(18)24/h4-6,9,11,14H,2-3,7-8,10H2,1H3,(H2,18,24)/t14-/m0/s1. The van der Waals surface area contributed by atoms with Gasteiger partial charge in [0.2, 0.25) is 11.8 Å². The highest BCUT2D eigenvalue weighted by Gasteiger charge is 2.30. The number of aromatic nitrogens is 3. The number of thioether (sulfide) groups is 1. The van der Waals surface area contributed by atoms with Crippen LogP contribution in [0.15, 0.2) is 35.7 Å². The Morgan fingerprint density at radius 3 is 3.00 bits per heavy atom. The van der Waals surface area contributed by atoms with Crippen molar-refractivity contribution in [2.24, 2.45) is 5.73 Å². The van der Waals surface area contributed by atoms with Gasteiger partial charge in [0.05, 0.1) is 18.6 Å². The smallest absolute Gasteiger partial charge is 0.240 e. The SMILES string of the molecule is COc1cccc(-n2cnnc2SCC(=O)N2CCCC[C@H]2C(N)=O)c1. The van der Waals surface area contributed by atoms with Gasteiger partial charge in [0.25, 0.3) is 0 Å². The van der Waals surface area contributed by atoms with Gasteiger partial charge in [0.1, 0.15) is 18.1 Å². The lowest BCUT2D eigenvalue weighted by Crippen LogP contribution is -2.51. The van der Waals surface area contributed by atoms with Crippen molar-refractivity contribution < 1.29 is 14.3 Å². The van der Waals surface area contributed by atoms with Crippen LogP contribution in [0, 0.1) is 0 Å². The first kappa shape index (κ1) is 18.2. The monoisotopic (exact) mass is 375 g/mol. The van der Waals surface area contributed by atoms with Crippen LogP contribution in [-0.2, 0) is 9.59 Å². The minimum absolute atomic E-state index is 0.112. The summed E-state index contributed by atoms with van der Waals surface area (Å²) in [5.74, 6) is 0.342. The quantitative estimate of drug-likeness (QED) is 0.762. The van der Waals surface area contributed by atoms with E-state index in [9.17, 15) is 9.59 Å². The molecule has 2 amide bonds. The molecule has 0 bridgehead atoms. The molecule has 1 aliphatic rings. The summed E-state index contributed by atoms with van der Waals surface area (Å²) in [6.07, 6.45) is 4.02. The van der Waals surface area contributed by atoms with Crippen molar-refractivity contribution in [1.82, 2.24) is 19.7 Å². The molecule has 26 heavy (non-hydrogen) atoms. The molecule has 1 aliphatic heterocycles. The summed E-state index contributed by atoms with van der Waals surface area (Å²) in [6.45, 7) is 0.565. The number of hydrogen-bond donors (Lipinski definition) is 1. The Kier molecular flexibility index (Phi) is 5.77. The van der Waals surface area contributed by atoms with Crippen molar-refractivity contribution in [2.75, 3.05) is 19.4 Å².